The number of hydrogen-bond acceptors (Lipinski definition) is 5. The van der Waals surface area contributed by atoms with E-state index >= 15 is 0 Å². The van der Waals surface area contributed by atoms with Crippen molar-refractivity contribution >= 4 is 21.6 Å². The summed E-state index contributed by atoms with van der Waals surface area (Å²) in [5, 5.41) is 2.85. The van der Waals surface area contributed by atoms with Crippen LogP contribution in [0.4, 0.5) is 5.69 Å². The van der Waals surface area contributed by atoms with E-state index in [0.29, 0.717) is 17.2 Å². The lowest BCUT2D eigenvalue weighted by molar-refractivity contribution is -0.122. The first-order valence-corrected chi connectivity index (χ1v) is 9.89. The fraction of sp³-hybridized carbons (Fsp3) is 0.588. The summed E-state index contributed by atoms with van der Waals surface area (Å²) in [4.78, 5) is 12.5. The Morgan fingerprint density at radius 3 is 2.08 bits per heavy atom. The first kappa shape index (κ1) is 21.1. The number of carbonyl (C=O) groups excluding carboxylic acids is 1. The van der Waals surface area contributed by atoms with Crippen LogP contribution in [-0.2, 0) is 14.8 Å². The van der Waals surface area contributed by atoms with E-state index in [1.165, 1.54) is 20.3 Å². The van der Waals surface area contributed by atoms with Gasteiger partial charge in [0.2, 0.25) is 15.9 Å². The van der Waals surface area contributed by atoms with Gasteiger partial charge in [0.05, 0.1) is 26.2 Å². The molecule has 8 heteroatoms. The highest BCUT2D eigenvalue weighted by molar-refractivity contribution is 7.92. The molecule has 0 saturated heterocycles. The summed E-state index contributed by atoms with van der Waals surface area (Å²) >= 11 is 0. The Kier molecular flexibility index (Phi) is 7.10. The molecule has 0 aliphatic heterocycles. The fourth-order valence-electron chi connectivity index (χ4n) is 2.28. The van der Waals surface area contributed by atoms with Gasteiger partial charge in [0.25, 0.3) is 0 Å². The first-order valence-electron chi connectivity index (χ1n) is 8.04. The van der Waals surface area contributed by atoms with Gasteiger partial charge in [-0.05, 0) is 31.9 Å². The van der Waals surface area contributed by atoms with Crippen LogP contribution in [0, 0.1) is 5.92 Å². The molecular formula is C17H28N2O5S. The minimum absolute atomic E-state index is 0.0678. The van der Waals surface area contributed by atoms with Gasteiger partial charge in [-0.25, -0.2) is 8.42 Å². The third kappa shape index (κ3) is 5.26. The van der Waals surface area contributed by atoms with Gasteiger partial charge >= 0.3 is 0 Å². The van der Waals surface area contributed by atoms with Crippen LogP contribution in [0.3, 0.4) is 0 Å². The van der Waals surface area contributed by atoms with Gasteiger partial charge in [0, 0.05) is 12.1 Å². The molecule has 0 heterocycles. The molecule has 1 aromatic carbocycles. The third-order valence-corrected chi connectivity index (χ3v) is 5.32. The molecule has 7 nitrogen and oxygen atoms in total. The van der Waals surface area contributed by atoms with E-state index in [-0.39, 0.29) is 17.9 Å². The van der Waals surface area contributed by atoms with E-state index in [4.69, 9.17) is 9.47 Å². The maximum absolute atomic E-state index is 12.5. The number of rotatable bonds is 8. The average molecular weight is 372 g/mol. The predicted molar refractivity (Wildman–Crippen MR) is 98.8 cm³/mol. The molecule has 1 N–H and O–H groups in total. The molecular weight excluding hydrogens is 344 g/mol. The molecule has 1 aromatic rings. The summed E-state index contributed by atoms with van der Waals surface area (Å²) in [7, 11) is -0.726. The second-order valence-electron chi connectivity index (χ2n) is 6.32. The number of hydrogen-bond donors (Lipinski definition) is 1. The van der Waals surface area contributed by atoms with Crippen LogP contribution in [-0.4, -0.2) is 46.9 Å². The van der Waals surface area contributed by atoms with Gasteiger partial charge in [0.1, 0.15) is 6.04 Å². The van der Waals surface area contributed by atoms with E-state index < -0.39 is 16.1 Å². The van der Waals surface area contributed by atoms with Crippen LogP contribution < -0.4 is 19.1 Å². The van der Waals surface area contributed by atoms with Crippen molar-refractivity contribution in [1.29, 1.82) is 0 Å². The van der Waals surface area contributed by atoms with Crippen molar-refractivity contribution in [1.82, 2.24) is 5.32 Å². The molecule has 0 spiro atoms. The first-order chi connectivity index (χ1) is 11.5. The summed E-state index contributed by atoms with van der Waals surface area (Å²) in [6.07, 6.45) is 1.07. The maximum Gasteiger partial charge on any atom is 0.243 e. The Morgan fingerprint density at radius 2 is 1.64 bits per heavy atom. The summed E-state index contributed by atoms with van der Waals surface area (Å²) in [6, 6.07) is 3.75. The molecule has 0 bridgehead atoms. The largest absolute Gasteiger partial charge is 0.493 e. The number of nitrogens with zero attached hydrogens (tertiary/aromatic N) is 1. The monoisotopic (exact) mass is 372 g/mol. The molecule has 1 amide bonds. The average Bonchev–Trinajstić information content (AvgIpc) is 2.53. The number of anilines is 1. The molecule has 2 atom stereocenters. The third-order valence-electron chi connectivity index (χ3n) is 4.08. The topological polar surface area (TPSA) is 84.9 Å². The van der Waals surface area contributed by atoms with Gasteiger partial charge in [-0.1, -0.05) is 13.8 Å². The van der Waals surface area contributed by atoms with Crippen molar-refractivity contribution in [3.8, 4) is 11.5 Å². The van der Waals surface area contributed by atoms with Crippen molar-refractivity contribution in [3.63, 3.8) is 0 Å². The lowest BCUT2D eigenvalue weighted by Gasteiger charge is -2.30. The predicted octanol–water partition coefficient (Wildman–Crippen LogP) is 2.02. The molecule has 1 rings (SSSR count). The number of carbonyl (C=O) groups is 1. The second-order valence-corrected chi connectivity index (χ2v) is 8.17. The van der Waals surface area contributed by atoms with Gasteiger partial charge in [-0.2, -0.15) is 0 Å². The normalized spacial score (nSPS) is 13.9. The minimum Gasteiger partial charge on any atom is -0.493 e. The molecule has 142 valence electrons. The summed E-state index contributed by atoms with van der Waals surface area (Å²) in [5.74, 6) is 0.743. The molecule has 0 aliphatic carbocycles. The van der Waals surface area contributed by atoms with Crippen LogP contribution in [0.2, 0.25) is 0 Å². The van der Waals surface area contributed by atoms with Crippen LogP contribution in [0.5, 0.6) is 11.5 Å². The van der Waals surface area contributed by atoms with Gasteiger partial charge in [0.15, 0.2) is 11.5 Å². The van der Waals surface area contributed by atoms with Crippen LogP contribution in [0.15, 0.2) is 18.2 Å². The zero-order valence-corrected chi connectivity index (χ0v) is 16.7. The van der Waals surface area contributed by atoms with Crippen LogP contribution in [0.25, 0.3) is 0 Å². The van der Waals surface area contributed by atoms with Gasteiger partial charge < -0.3 is 14.8 Å². The van der Waals surface area contributed by atoms with Crippen LogP contribution >= 0.6 is 0 Å². The van der Waals surface area contributed by atoms with Crippen molar-refractivity contribution in [2.45, 2.75) is 39.8 Å². The Morgan fingerprint density at radius 1 is 1.08 bits per heavy atom. The number of sulfonamides is 1. The SMILES string of the molecule is COc1ccc(N([C@H](C)C(=O)N[C@@H](C)C(C)C)S(C)(=O)=O)cc1OC. The van der Waals surface area contributed by atoms with E-state index in [1.54, 1.807) is 19.1 Å². The Balaban J connectivity index is 3.25. The van der Waals surface area contributed by atoms with E-state index in [2.05, 4.69) is 5.32 Å². The van der Waals surface area contributed by atoms with Crippen molar-refractivity contribution < 1.29 is 22.7 Å². The molecule has 0 unspecified atom stereocenters. The lowest BCUT2D eigenvalue weighted by atomic mass is 10.1. The lowest BCUT2D eigenvalue weighted by Crippen LogP contribution is -2.50. The number of amides is 1. The van der Waals surface area contributed by atoms with Crippen molar-refractivity contribution in [2.75, 3.05) is 24.8 Å². The highest BCUT2D eigenvalue weighted by Gasteiger charge is 2.30. The Labute approximate surface area is 150 Å². The zero-order chi connectivity index (χ0) is 19.4. The van der Waals surface area contributed by atoms with Crippen LogP contribution in [0.1, 0.15) is 27.7 Å². The quantitative estimate of drug-likeness (QED) is 0.755. The highest BCUT2D eigenvalue weighted by Crippen LogP contribution is 2.33. The standard InChI is InChI=1S/C17H28N2O5S/c1-11(2)12(3)18-17(20)13(4)19(25(7,21)22)14-8-9-15(23-5)16(10-14)24-6/h8-13H,1-7H3,(H,18,20)/t12-,13+/m0/s1. The summed E-state index contributed by atoms with van der Waals surface area (Å²) in [6.45, 7) is 7.41. The second kappa shape index (κ2) is 8.42. The van der Waals surface area contributed by atoms with Gasteiger partial charge in [-0.3, -0.25) is 9.10 Å². The Bertz CT molecular complexity index is 703. The number of methoxy groups -OCH3 is 2. The maximum atomic E-state index is 12.5. The highest BCUT2D eigenvalue weighted by atomic mass is 32.2. The van der Waals surface area contributed by atoms with Gasteiger partial charge in [-0.15, -0.1) is 0 Å². The zero-order valence-electron chi connectivity index (χ0n) is 15.9. The molecule has 0 saturated carbocycles. The molecule has 0 aliphatic rings. The van der Waals surface area contributed by atoms with E-state index in [1.807, 2.05) is 20.8 Å². The van der Waals surface area contributed by atoms with E-state index in [0.717, 1.165) is 10.6 Å². The van der Waals surface area contributed by atoms with Crippen molar-refractivity contribution in [3.05, 3.63) is 18.2 Å². The fourth-order valence-corrected chi connectivity index (χ4v) is 3.45. The number of ether oxygens (including phenoxy) is 2. The summed E-state index contributed by atoms with van der Waals surface area (Å²) < 4.78 is 36.1. The van der Waals surface area contributed by atoms with E-state index in [9.17, 15) is 13.2 Å². The smallest absolute Gasteiger partial charge is 0.243 e. The Hall–Kier alpha value is -1.96. The number of nitrogens with one attached hydrogen (secondary N) is 1. The molecule has 0 radical (unpaired) electrons. The number of benzene rings is 1. The minimum atomic E-state index is -3.69. The molecule has 0 fully saturated rings. The summed E-state index contributed by atoms with van der Waals surface area (Å²) in [5.41, 5.74) is 0.333. The molecule has 25 heavy (non-hydrogen) atoms. The molecule has 0 aromatic heterocycles. The van der Waals surface area contributed by atoms with Crippen molar-refractivity contribution in [2.24, 2.45) is 5.92 Å².